The third-order valence-electron chi connectivity index (χ3n) is 2.20. The summed E-state index contributed by atoms with van der Waals surface area (Å²) in [5.41, 5.74) is 4.90. The summed E-state index contributed by atoms with van der Waals surface area (Å²) in [5.74, 6) is -0.238. The van der Waals surface area contributed by atoms with E-state index in [4.69, 9.17) is 4.84 Å². The summed E-state index contributed by atoms with van der Waals surface area (Å²) >= 11 is 0. The zero-order valence-electron chi connectivity index (χ0n) is 9.73. The molecule has 1 amide bonds. The molecule has 0 heterocycles. The van der Waals surface area contributed by atoms with E-state index >= 15 is 0 Å². The molecule has 0 aliphatic carbocycles. The number of amides is 1. The van der Waals surface area contributed by atoms with Crippen molar-refractivity contribution in [2.24, 2.45) is 0 Å². The Kier molecular flexibility index (Phi) is 4.52. The first-order chi connectivity index (χ1) is 7.65. The van der Waals surface area contributed by atoms with Crippen LogP contribution in [0.2, 0.25) is 0 Å². The number of benzene rings is 1. The van der Waals surface area contributed by atoms with Crippen LogP contribution < -0.4 is 0 Å². The topological polar surface area (TPSA) is 29.5 Å². The summed E-state index contributed by atoms with van der Waals surface area (Å²) in [6, 6.07) is 9.79. The molecule has 0 aliphatic heterocycles. The van der Waals surface area contributed by atoms with Crippen LogP contribution in [0.4, 0.5) is 0 Å². The molecule has 1 aromatic carbocycles. The first kappa shape index (κ1) is 12.2. The maximum absolute atomic E-state index is 11.4. The number of carbonyl (C=O) groups is 1. The highest BCUT2D eigenvalue weighted by Gasteiger charge is 2.01. The fraction of sp³-hybridized carbons (Fsp3) is 0.231. The van der Waals surface area contributed by atoms with Gasteiger partial charge in [-0.25, -0.2) is 5.06 Å². The monoisotopic (exact) mass is 217 g/mol. The van der Waals surface area contributed by atoms with Crippen molar-refractivity contribution in [3.05, 3.63) is 47.7 Å². The van der Waals surface area contributed by atoms with Gasteiger partial charge in [-0.05, 0) is 18.1 Å². The first-order valence-electron chi connectivity index (χ1n) is 4.95. The van der Waals surface area contributed by atoms with E-state index in [2.05, 4.69) is 5.73 Å². The fourth-order valence-corrected chi connectivity index (χ4v) is 1.12. The highest BCUT2D eigenvalue weighted by molar-refractivity contribution is 5.87. The minimum absolute atomic E-state index is 0.238. The number of hydroxylamine groups is 2. The van der Waals surface area contributed by atoms with Crippen molar-refractivity contribution in [1.29, 1.82) is 0 Å². The van der Waals surface area contributed by atoms with E-state index in [1.165, 1.54) is 13.2 Å². The van der Waals surface area contributed by atoms with Crippen LogP contribution in [0.25, 0.3) is 5.57 Å². The molecule has 16 heavy (non-hydrogen) atoms. The van der Waals surface area contributed by atoms with Gasteiger partial charge in [0.2, 0.25) is 0 Å². The predicted octanol–water partition coefficient (Wildman–Crippen LogP) is 2.26. The Balaban J connectivity index is 2.85. The number of carbonyl (C=O) groups excluding carboxylic acids is 1. The Morgan fingerprint density at radius 2 is 2.00 bits per heavy atom. The standard InChI is InChI=1S/C13H15NO2/c1-11(12-7-5-4-6-8-12)9-10-13(15)14(2)16-3/h4-8,10H,1-3H3. The average molecular weight is 217 g/mol. The second kappa shape index (κ2) is 5.91. The van der Waals surface area contributed by atoms with Gasteiger partial charge in [-0.15, -0.1) is 5.73 Å². The molecule has 0 radical (unpaired) electrons. The molecule has 3 nitrogen and oxygen atoms in total. The summed E-state index contributed by atoms with van der Waals surface area (Å²) in [7, 11) is 3.00. The van der Waals surface area contributed by atoms with E-state index in [1.807, 2.05) is 37.3 Å². The maximum atomic E-state index is 11.4. The molecule has 0 spiro atoms. The van der Waals surface area contributed by atoms with Gasteiger partial charge in [0.1, 0.15) is 0 Å². The van der Waals surface area contributed by atoms with E-state index in [0.717, 1.165) is 16.2 Å². The number of hydrogen-bond acceptors (Lipinski definition) is 2. The van der Waals surface area contributed by atoms with Crippen molar-refractivity contribution in [2.45, 2.75) is 6.92 Å². The lowest BCUT2D eigenvalue weighted by Gasteiger charge is -2.09. The van der Waals surface area contributed by atoms with Crippen molar-refractivity contribution in [1.82, 2.24) is 5.06 Å². The lowest BCUT2D eigenvalue weighted by molar-refractivity contribution is -0.162. The normalized spacial score (nSPS) is 9.19. The smallest absolute Gasteiger partial charge is 0.274 e. The molecule has 0 atom stereocenters. The summed E-state index contributed by atoms with van der Waals surface area (Å²) in [5, 5.41) is 1.14. The quantitative estimate of drug-likeness (QED) is 0.441. The van der Waals surface area contributed by atoms with E-state index in [0.29, 0.717) is 0 Å². The lowest BCUT2D eigenvalue weighted by Crippen LogP contribution is -2.22. The highest BCUT2D eigenvalue weighted by Crippen LogP contribution is 2.10. The minimum Gasteiger partial charge on any atom is -0.274 e. The Morgan fingerprint density at radius 3 is 2.56 bits per heavy atom. The maximum Gasteiger partial charge on any atom is 0.277 e. The van der Waals surface area contributed by atoms with Crippen LogP contribution in [-0.4, -0.2) is 25.1 Å². The molecule has 0 N–H and O–H groups in total. The van der Waals surface area contributed by atoms with Gasteiger partial charge < -0.3 is 0 Å². The Hall–Kier alpha value is -1.83. The number of likely N-dealkylation sites (N-methyl/N-ethyl adjacent to an activating group) is 1. The molecular weight excluding hydrogens is 202 g/mol. The molecule has 3 heteroatoms. The number of hydrogen-bond donors (Lipinski definition) is 0. The SMILES string of the molecule is CON(C)C(=O)C=C=C(C)c1ccccc1. The molecule has 1 aromatic rings. The van der Waals surface area contributed by atoms with Crippen molar-refractivity contribution in [2.75, 3.05) is 14.2 Å². The molecule has 0 saturated carbocycles. The van der Waals surface area contributed by atoms with Gasteiger partial charge >= 0.3 is 0 Å². The van der Waals surface area contributed by atoms with E-state index in [1.54, 1.807) is 7.05 Å². The van der Waals surface area contributed by atoms with Gasteiger partial charge in [-0.1, -0.05) is 30.3 Å². The largest absolute Gasteiger partial charge is 0.277 e. The fourth-order valence-electron chi connectivity index (χ4n) is 1.12. The Bertz CT molecular complexity index is 417. The minimum atomic E-state index is -0.238. The molecule has 0 bridgehead atoms. The van der Waals surface area contributed by atoms with Gasteiger partial charge in [-0.3, -0.25) is 9.63 Å². The van der Waals surface area contributed by atoms with Crippen LogP contribution in [0.1, 0.15) is 12.5 Å². The number of nitrogens with zero attached hydrogens (tertiary/aromatic N) is 1. The van der Waals surface area contributed by atoms with Crippen molar-refractivity contribution < 1.29 is 9.63 Å². The van der Waals surface area contributed by atoms with Crippen molar-refractivity contribution in [3.8, 4) is 0 Å². The predicted molar refractivity (Wildman–Crippen MR) is 63.4 cm³/mol. The third kappa shape index (κ3) is 3.39. The Morgan fingerprint density at radius 1 is 1.38 bits per heavy atom. The molecular formula is C13H15NO2. The molecule has 1 rings (SSSR count). The average Bonchev–Trinajstić information content (AvgIpc) is 2.35. The summed E-state index contributed by atoms with van der Waals surface area (Å²) in [6.07, 6.45) is 1.37. The van der Waals surface area contributed by atoms with Crippen LogP contribution in [0.3, 0.4) is 0 Å². The first-order valence-corrected chi connectivity index (χ1v) is 4.95. The second-order valence-electron chi connectivity index (χ2n) is 3.30. The van der Waals surface area contributed by atoms with Crippen LogP contribution in [0, 0.1) is 0 Å². The molecule has 0 unspecified atom stereocenters. The van der Waals surface area contributed by atoms with Gasteiger partial charge in [0.15, 0.2) is 0 Å². The van der Waals surface area contributed by atoms with Crippen LogP contribution in [0.5, 0.6) is 0 Å². The van der Waals surface area contributed by atoms with Gasteiger partial charge in [0.25, 0.3) is 5.91 Å². The van der Waals surface area contributed by atoms with Gasteiger partial charge in [0.05, 0.1) is 7.11 Å². The molecule has 0 aromatic heterocycles. The van der Waals surface area contributed by atoms with E-state index in [-0.39, 0.29) is 5.91 Å². The number of rotatable bonds is 3. The van der Waals surface area contributed by atoms with E-state index < -0.39 is 0 Å². The highest BCUT2D eigenvalue weighted by atomic mass is 16.7. The van der Waals surface area contributed by atoms with E-state index in [9.17, 15) is 4.79 Å². The van der Waals surface area contributed by atoms with Crippen LogP contribution in [0.15, 0.2) is 42.1 Å². The molecule has 0 fully saturated rings. The molecule has 0 saturated heterocycles. The lowest BCUT2D eigenvalue weighted by atomic mass is 10.1. The zero-order chi connectivity index (χ0) is 12.0. The van der Waals surface area contributed by atoms with Crippen LogP contribution in [-0.2, 0) is 9.63 Å². The van der Waals surface area contributed by atoms with Gasteiger partial charge in [-0.2, -0.15) is 0 Å². The molecule has 84 valence electrons. The summed E-state index contributed by atoms with van der Waals surface area (Å²) < 4.78 is 0. The molecule has 0 aliphatic rings. The zero-order valence-corrected chi connectivity index (χ0v) is 9.73. The van der Waals surface area contributed by atoms with Gasteiger partial charge in [0, 0.05) is 13.1 Å². The van der Waals surface area contributed by atoms with Crippen LogP contribution >= 0.6 is 0 Å². The summed E-state index contributed by atoms with van der Waals surface area (Å²) in [6.45, 7) is 1.91. The third-order valence-corrected chi connectivity index (χ3v) is 2.20. The summed E-state index contributed by atoms with van der Waals surface area (Å²) in [4.78, 5) is 16.1. The second-order valence-corrected chi connectivity index (χ2v) is 3.30. The van der Waals surface area contributed by atoms with Crippen molar-refractivity contribution in [3.63, 3.8) is 0 Å². The van der Waals surface area contributed by atoms with Crippen molar-refractivity contribution >= 4 is 11.5 Å². The Labute approximate surface area is 95.6 Å².